The lowest BCUT2D eigenvalue weighted by atomic mass is 10.2. The fraction of sp³-hybridized carbons (Fsp3) is 0.292. The van der Waals surface area contributed by atoms with Crippen LogP contribution in [0.5, 0.6) is 0 Å². The largest absolute Gasteiger partial charge is 0.339 e. The van der Waals surface area contributed by atoms with Crippen LogP contribution < -0.4 is 9.21 Å². The summed E-state index contributed by atoms with van der Waals surface area (Å²) in [6.07, 6.45) is 3.50. The van der Waals surface area contributed by atoms with E-state index in [4.69, 9.17) is 0 Å². The minimum Gasteiger partial charge on any atom is -0.339 e. The quantitative estimate of drug-likeness (QED) is 0.533. The first-order valence-electron chi connectivity index (χ1n) is 10.9. The maximum atomic E-state index is 13.4. The molecule has 0 aliphatic carbocycles. The summed E-state index contributed by atoms with van der Waals surface area (Å²) < 4.78 is 28.1. The molecule has 0 N–H and O–H groups in total. The summed E-state index contributed by atoms with van der Waals surface area (Å²) in [6, 6.07) is 17.4. The minimum atomic E-state index is -3.80. The Labute approximate surface area is 194 Å². The average molecular weight is 466 g/mol. The molecule has 1 aliphatic rings. The number of hydrogen-bond acceptors (Lipinski definition) is 6. The maximum Gasteiger partial charge on any atom is 0.264 e. The highest BCUT2D eigenvalue weighted by Crippen LogP contribution is 2.24. The Kier molecular flexibility index (Phi) is 6.88. The molecule has 172 valence electrons. The smallest absolute Gasteiger partial charge is 0.264 e. The van der Waals surface area contributed by atoms with E-state index >= 15 is 0 Å². The first-order chi connectivity index (χ1) is 15.9. The highest BCUT2D eigenvalue weighted by molar-refractivity contribution is 7.92. The molecule has 1 saturated heterocycles. The topological polar surface area (TPSA) is 86.7 Å². The van der Waals surface area contributed by atoms with E-state index in [0.29, 0.717) is 37.8 Å². The van der Waals surface area contributed by atoms with Gasteiger partial charge >= 0.3 is 0 Å². The van der Waals surface area contributed by atoms with Gasteiger partial charge < -0.3 is 9.80 Å². The van der Waals surface area contributed by atoms with Crippen LogP contribution in [0.4, 0.5) is 11.6 Å². The average Bonchev–Trinajstić information content (AvgIpc) is 2.86. The summed E-state index contributed by atoms with van der Waals surface area (Å²) >= 11 is 0. The standard InChI is InChI=1S/C24H27N5O3S/c1-20-8-10-21(11-9-20)29(33(31,32)22-6-3-2-4-7-22)15-12-23(30)27-16-18-28(19-17-27)24-25-13-5-14-26-24/h2-11,13-14H,12,15-19H2,1H3. The van der Waals surface area contributed by atoms with Gasteiger partial charge in [0.2, 0.25) is 11.9 Å². The lowest BCUT2D eigenvalue weighted by molar-refractivity contribution is -0.131. The number of aromatic nitrogens is 2. The predicted octanol–water partition coefficient (Wildman–Crippen LogP) is 2.72. The molecule has 0 atom stereocenters. The highest BCUT2D eigenvalue weighted by Gasteiger charge is 2.27. The van der Waals surface area contributed by atoms with Crippen molar-refractivity contribution in [3.63, 3.8) is 0 Å². The zero-order chi connectivity index (χ0) is 23.3. The summed E-state index contributed by atoms with van der Waals surface area (Å²) in [7, 11) is -3.80. The van der Waals surface area contributed by atoms with E-state index in [9.17, 15) is 13.2 Å². The monoisotopic (exact) mass is 465 g/mol. The first kappa shape index (κ1) is 22.7. The van der Waals surface area contributed by atoms with Gasteiger partial charge in [0.15, 0.2) is 0 Å². The number of rotatable bonds is 7. The van der Waals surface area contributed by atoms with Crippen molar-refractivity contribution in [1.82, 2.24) is 14.9 Å². The molecule has 8 nitrogen and oxygen atoms in total. The molecule has 0 spiro atoms. The SMILES string of the molecule is Cc1ccc(N(CCC(=O)N2CCN(c3ncccn3)CC2)S(=O)(=O)c2ccccc2)cc1. The summed E-state index contributed by atoms with van der Waals surface area (Å²) in [5.74, 6) is 0.591. The van der Waals surface area contributed by atoms with Crippen LogP contribution in [0.15, 0.2) is 78.0 Å². The molecule has 3 aromatic rings. The van der Waals surface area contributed by atoms with Crippen molar-refractivity contribution in [1.29, 1.82) is 0 Å². The van der Waals surface area contributed by atoms with Crippen LogP contribution in [0.3, 0.4) is 0 Å². The number of anilines is 2. The van der Waals surface area contributed by atoms with Crippen LogP contribution in [0.1, 0.15) is 12.0 Å². The lowest BCUT2D eigenvalue weighted by Gasteiger charge is -2.35. The van der Waals surface area contributed by atoms with Crippen LogP contribution >= 0.6 is 0 Å². The van der Waals surface area contributed by atoms with Crippen molar-refractivity contribution in [3.8, 4) is 0 Å². The number of sulfonamides is 1. The van der Waals surface area contributed by atoms with Crippen molar-refractivity contribution in [2.45, 2.75) is 18.2 Å². The summed E-state index contributed by atoms with van der Waals surface area (Å²) in [6.45, 7) is 4.39. The van der Waals surface area contributed by atoms with Crippen LogP contribution in [-0.2, 0) is 14.8 Å². The predicted molar refractivity (Wildman–Crippen MR) is 128 cm³/mol. The van der Waals surface area contributed by atoms with E-state index in [0.717, 1.165) is 5.56 Å². The van der Waals surface area contributed by atoms with E-state index in [-0.39, 0.29) is 23.8 Å². The van der Waals surface area contributed by atoms with E-state index in [1.165, 1.54) is 4.31 Å². The number of piperazine rings is 1. The maximum absolute atomic E-state index is 13.4. The third kappa shape index (κ3) is 5.31. The highest BCUT2D eigenvalue weighted by atomic mass is 32.2. The van der Waals surface area contributed by atoms with Gasteiger partial charge in [0, 0.05) is 51.5 Å². The Morgan fingerprint density at radius 1 is 0.909 bits per heavy atom. The van der Waals surface area contributed by atoms with Gasteiger partial charge in [0.05, 0.1) is 10.6 Å². The first-order valence-corrected chi connectivity index (χ1v) is 12.3. The molecule has 33 heavy (non-hydrogen) atoms. The molecule has 1 aliphatic heterocycles. The fourth-order valence-corrected chi connectivity index (χ4v) is 5.27. The molecule has 0 bridgehead atoms. The van der Waals surface area contributed by atoms with E-state index < -0.39 is 10.0 Å². The van der Waals surface area contributed by atoms with Gasteiger partial charge in [-0.3, -0.25) is 9.10 Å². The van der Waals surface area contributed by atoms with Gasteiger partial charge in [0.1, 0.15) is 0 Å². The number of carbonyl (C=O) groups excluding carboxylic acids is 1. The fourth-order valence-electron chi connectivity index (χ4n) is 3.78. The van der Waals surface area contributed by atoms with Crippen LogP contribution in [0, 0.1) is 6.92 Å². The molecule has 0 radical (unpaired) electrons. The van der Waals surface area contributed by atoms with Crippen LogP contribution in [0.25, 0.3) is 0 Å². The molecule has 1 amide bonds. The zero-order valence-electron chi connectivity index (χ0n) is 18.5. The van der Waals surface area contributed by atoms with Gasteiger partial charge in [-0.1, -0.05) is 35.9 Å². The van der Waals surface area contributed by atoms with Crippen molar-refractivity contribution in [2.75, 3.05) is 41.9 Å². The lowest BCUT2D eigenvalue weighted by Crippen LogP contribution is -2.49. The summed E-state index contributed by atoms with van der Waals surface area (Å²) in [5.41, 5.74) is 1.58. The molecular formula is C24H27N5O3S. The summed E-state index contributed by atoms with van der Waals surface area (Å²) in [5, 5.41) is 0. The van der Waals surface area contributed by atoms with Crippen molar-refractivity contribution < 1.29 is 13.2 Å². The van der Waals surface area contributed by atoms with Gasteiger partial charge in [-0.2, -0.15) is 0 Å². The van der Waals surface area contributed by atoms with Gasteiger partial charge in [0.25, 0.3) is 10.0 Å². The third-order valence-corrected chi connectivity index (χ3v) is 7.49. The number of nitrogens with zero attached hydrogens (tertiary/aromatic N) is 5. The van der Waals surface area contributed by atoms with Gasteiger partial charge in [-0.25, -0.2) is 18.4 Å². The molecule has 4 rings (SSSR count). The molecule has 2 heterocycles. The Morgan fingerprint density at radius 3 is 2.18 bits per heavy atom. The van der Waals surface area contributed by atoms with E-state index in [1.807, 2.05) is 24.0 Å². The minimum absolute atomic E-state index is 0.0657. The van der Waals surface area contributed by atoms with Crippen molar-refractivity contribution in [2.24, 2.45) is 0 Å². The second kappa shape index (κ2) is 9.99. The second-order valence-corrected chi connectivity index (χ2v) is 9.75. The second-order valence-electron chi connectivity index (χ2n) is 7.89. The van der Waals surface area contributed by atoms with Crippen LogP contribution in [-0.4, -0.2) is 61.9 Å². The number of hydrogen-bond donors (Lipinski definition) is 0. The molecule has 0 unspecified atom stereocenters. The van der Waals surface area contributed by atoms with Crippen molar-refractivity contribution in [3.05, 3.63) is 78.6 Å². The Bertz CT molecular complexity index is 1160. The third-order valence-electron chi connectivity index (χ3n) is 5.65. The number of carbonyl (C=O) groups is 1. The van der Waals surface area contributed by atoms with Gasteiger partial charge in [-0.05, 0) is 37.3 Å². The molecule has 1 fully saturated rings. The van der Waals surface area contributed by atoms with E-state index in [2.05, 4.69) is 9.97 Å². The molecular weight excluding hydrogens is 438 g/mol. The normalized spacial score (nSPS) is 14.2. The van der Waals surface area contributed by atoms with Crippen LogP contribution in [0.2, 0.25) is 0 Å². The molecule has 0 saturated carbocycles. The Balaban J connectivity index is 1.45. The van der Waals surface area contributed by atoms with E-state index in [1.54, 1.807) is 65.8 Å². The molecule has 9 heteroatoms. The number of aryl methyl sites for hydroxylation is 1. The number of amides is 1. The zero-order valence-corrected chi connectivity index (χ0v) is 19.4. The Morgan fingerprint density at radius 2 is 1.55 bits per heavy atom. The number of benzene rings is 2. The molecule has 2 aromatic carbocycles. The van der Waals surface area contributed by atoms with Crippen molar-refractivity contribution >= 4 is 27.6 Å². The van der Waals surface area contributed by atoms with Gasteiger partial charge in [-0.15, -0.1) is 0 Å². The summed E-state index contributed by atoms with van der Waals surface area (Å²) in [4.78, 5) is 25.5. The molecule has 1 aromatic heterocycles. The Hall–Kier alpha value is -3.46.